The van der Waals surface area contributed by atoms with Crippen molar-refractivity contribution in [2.45, 2.75) is 33.7 Å². The monoisotopic (exact) mass is 277 g/mol. The van der Waals surface area contributed by atoms with Crippen molar-refractivity contribution in [3.05, 3.63) is 33.3 Å². The molecular formula is C13H19N5S. The summed E-state index contributed by atoms with van der Waals surface area (Å²) in [7, 11) is 0. The average Bonchev–Trinajstić information content (AvgIpc) is 2.83. The van der Waals surface area contributed by atoms with Crippen LogP contribution in [0.3, 0.4) is 0 Å². The minimum absolute atomic E-state index is 0.677. The maximum atomic E-state index is 5.49. The van der Waals surface area contributed by atoms with Gasteiger partial charge in [0.05, 0.1) is 0 Å². The smallest absolute Gasteiger partial charge is 0.148 e. The Balaban J connectivity index is 2.22. The molecule has 0 aliphatic carbocycles. The summed E-state index contributed by atoms with van der Waals surface area (Å²) >= 11 is 1.72. The maximum Gasteiger partial charge on any atom is 0.148 e. The minimum atomic E-state index is 0.677. The van der Waals surface area contributed by atoms with Gasteiger partial charge in [0, 0.05) is 18.5 Å². The first-order valence-corrected chi connectivity index (χ1v) is 7.19. The van der Waals surface area contributed by atoms with E-state index in [9.17, 15) is 0 Å². The van der Waals surface area contributed by atoms with Gasteiger partial charge in [-0.2, -0.15) is 11.3 Å². The number of hydrogen-bond acceptors (Lipinski definition) is 6. The number of thiophene rings is 1. The van der Waals surface area contributed by atoms with Gasteiger partial charge in [-0.3, -0.25) is 0 Å². The molecule has 0 aromatic carbocycles. The molecule has 102 valence electrons. The van der Waals surface area contributed by atoms with Crippen LogP contribution < -0.4 is 16.6 Å². The van der Waals surface area contributed by atoms with Gasteiger partial charge in [0.25, 0.3) is 0 Å². The van der Waals surface area contributed by atoms with E-state index in [4.69, 9.17) is 5.84 Å². The van der Waals surface area contributed by atoms with E-state index >= 15 is 0 Å². The highest BCUT2D eigenvalue weighted by molar-refractivity contribution is 7.08. The molecule has 0 unspecified atom stereocenters. The lowest BCUT2D eigenvalue weighted by atomic mass is 10.2. The number of aromatic nitrogens is 2. The van der Waals surface area contributed by atoms with Crippen LogP contribution in [0.2, 0.25) is 0 Å². The lowest BCUT2D eigenvalue weighted by molar-refractivity contribution is 0.921. The summed E-state index contributed by atoms with van der Waals surface area (Å²) in [6.07, 6.45) is 0.779. The fourth-order valence-corrected chi connectivity index (χ4v) is 2.64. The molecule has 0 aliphatic rings. The molecular weight excluding hydrogens is 258 g/mol. The van der Waals surface area contributed by atoms with E-state index < -0.39 is 0 Å². The van der Waals surface area contributed by atoms with E-state index in [1.807, 2.05) is 13.8 Å². The number of hydrogen-bond donors (Lipinski definition) is 3. The topological polar surface area (TPSA) is 75.9 Å². The zero-order valence-electron chi connectivity index (χ0n) is 11.4. The van der Waals surface area contributed by atoms with Crippen LogP contribution in [0.25, 0.3) is 0 Å². The molecule has 0 fully saturated rings. The number of nitrogen functional groups attached to an aromatic ring is 1. The Kier molecular flexibility index (Phi) is 4.34. The van der Waals surface area contributed by atoms with Crippen molar-refractivity contribution in [2.24, 2.45) is 5.84 Å². The van der Waals surface area contributed by atoms with Crippen LogP contribution in [0.5, 0.6) is 0 Å². The van der Waals surface area contributed by atoms with Gasteiger partial charge in [0.15, 0.2) is 0 Å². The lowest BCUT2D eigenvalue weighted by Gasteiger charge is -2.13. The standard InChI is InChI=1S/C13H19N5S/c1-4-11-16-12(9(3)13(17-11)18-14)15-5-10-7-19-6-8(10)2/h6-7H,4-5,14H2,1-3H3,(H2,15,16,17,18). The van der Waals surface area contributed by atoms with Gasteiger partial charge < -0.3 is 10.7 Å². The number of anilines is 2. The Morgan fingerprint density at radius 1 is 1.21 bits per heavy atom. The Labute approximate surface area is 117 Å². The van der Waals surface area contributed by atoms with Gasteiger partial charge in [0.2, 0.25) is 0 Å². The summed E-state index contributed by atoms with van der Waals surface area (Å²) in [5, 5.41) is 7.67. The van der Waals surface area contributed by atoms with E-state index in [0.29, 0.717) is 5.82 Å². The molecule has 0 radical (unpaired) electrons. The molecule has 4 N–H and O–H groups in total. The summed E-state index contributed by atoms with van der Waals surface area (Å²) in [5.74, 6) is 7.79. The number of hydrazine groups is 1. The molecule has 0 saturated carbocycles. The zero-order chi connectivity index (χ0) is 13.8. The Hall–Kier alpha value is -1.66. The van der Waals surface area contributed by atoms with Gasteiger partial charge in [0.1, 0.15) is 17.5 Å². The van der Waals surface area contributed by atoms with Gasteiger partial charge in [-0.15, -0.1) is 0 Å². The predicted molar refractivity (Wildman–Crippen MR) is 80.3 cm³/mol. The van der Waals surface area contributed by atoms with Crippen LogP contribution in [-0.4, -0.2) is 9.97 Å². The van der Waals surface area contributed by atoms with Crippen molar-refractivity contribution >= 4 is 23.0 Å². The number of nitrogens with zero attached hydrogens (tertiary/aromatic N) is 2. The van der Waals surface area contributed by atoms with Gasteiger partial charge in [-0.1, -0.05) is 6.92 Å². The van der Waals surface area contributed by atoms with Crippen molar-refractivity contribution in [1.82, 2.24) is 9.97 Å². The second-order valence-corrected chi connectivity index (χ2v) is 5.14. The lowest BCUT2D eigenvalue weighted by Crippen LogP contribution is -2.14. The van der Waals surface area contributed by atoms with E-state index in [1.165, 1.54) is 11.1 Å². The average molecular weight is 277 g/mol. The second kappa shape index (κ2) is 5.99. The van der Waals surface area contributed by atoms with E-state index in [1.54, 1.807) is 11.3 Å². The molecule has 0 aliphatic heterocycles. The van der Waals surface area contributed by atoms with Crippen LogP contribution in [0, 0.1) is 13.8 Å². The van der Waals surface area contributed by atoms with E-state index in [-0.39, 0.29) is 0 Å². The van der Waals surface area contributed by atoms with E-state index in [2.05, 4.69) is 38.4 Å². The van der Waals surface area contributed by atoms with Crippen molar-refractivity contribution < 1.29 is 0 Å². The summed E-state index contributed by atoms with van der Waals surface area (Å²) in [5.41, 5.74) is 6.16. The Morgan fingerprint density at radius 2 is 1.95 bits per heavy atom. The highest BCUT2D eigenvalue weighted by Crippen LogP contribution is 2.21. The highest BCUT2D eigenvalue weighted by Gasteiger charge is 2.09. The van der Waals surface area contributed by atoms with Gasteiger partial charge >= 0.3 is 0 Å². The molecule has 5 nitrogen and oxygen atoms in total. The van der Waals surface area contributed by atoms with Crippen molar-refractivity contribution in [2.75, 3.05) is 10.7 Å². The largest absolute Gasteiger partial charge is 0.366 e. The third-order valence-electron chi connectivity index (χ3n) is 3.05. The van der Waals surface area contributed by atoms with Crippen molar-refractivity contribution in [1.29, 1.82) is 0 Å². The number of nitrogens with two attached hydrogens (primary N) is 1. The van der Waals surface area contributed by atoms with Crippen LogP contribution in [0.1, 0.15) is 29.4 Å². The third-order valence-corrected chi connectivity index (χ3v) is 3.96. The molecule has 0 atom stereocenters. The van der Waals surface area contributed by atoms with Crippen LogP contribution in [0.4, 0.5) is 11.6 Å². The Bertz CT molecular complexity index is 564. The predicted octanol–water partition coefficient (Wildman–Crippen LogP) is 2.62. The zero-order valence-corrected chi connectivity index (χ0v) is 12.3. The second-order valence-electron chi connectivity index (χ2n) is 4.39. The number of aryl methyl sites for hydroxylation is 2. The fraction of sp³-hybridized carbons (Fsp3) is 0.385. The quantitative estimate of drug-likeness (QED) is 0.578. The number of rotatable bonds is 5. The molecule has 0 spiro atoms. The maximum absolute atomic E-state index is 5.49. The van der Waals surface area contributed by atoms with Gasteiger partial charge in [-0.25, -0.2) is 15.8 Å². The molecule has 2 rings (SSSR count). The molecule has 6 heteroatoms. The first kappa shape index (κ1) is 13.8. The first-order chi connectivity index (χ1) is 9.15. The molecule has 2 heterocycles. The Morgan fingerprint density at radius 3 is 2.53 bits per heavy atom. The van der Waals surface area contributed by atoms with E-state index in [0.717, 1.165) is 30.2 Å². The normalized spacial score (nSPS) is 10.5. The van der Waals surface area contributed by atoms with Crippen LogP contribution in [-0.2, 0) is 13.0 Å². The molecule has 2 aromatic heterocycles. The van der Waals surface area contributed by atoms with Crippen LogP contribution >= 0.6 is 11.3 Å². The minimum Gasteiger partial charge on any atom is -0.366 e. The van der Waals surface area contributed by atoms with Crippen molar-refractivity contribution in [3.63, 3.8) is 0 Å². The fourth-order valence-electron chi connectivity index (χ4n) is 1.78. The molecule has 0 saturated heterocycles. The summed E-state index contributed by atoms with van der Waals surface area (Å²) in [6.45, 7) is 6.86. The van der Waals surface area contributed by atoms with Crippen molar-refractivity contribution in [3.8, 4) is 0 Å². The molecule has 0 amide bonds. The SMILES string of the molecule is CCc1nc(NN)c(C)c(NCc2cscc2C)n1. The van der Waals surface area contributed by atoms with Gasteiger partial charge in [-0.05, 0) is 35.7 Å². The molecule has 2 aromatic rings. The summed E-state index contributed by atoms with van der Waals surface area (Å²) in [6, 6.07) is 0. The highest BCUT2D eigenvalue weighted by atomic mass is 32.1. The van der Waals surface area contributed by atoms with Crippen LogP contribution in [0.15, 0.2) is 10.8 Å². The third kappa shape index (κ3) is 3.02. The summed E-state index contributed by atoms with van der Waals surface area (Å²) < 4.78 is 0. The summed E-state index contributed by atoms with van der Waals surface area (Å²) in [4.78, 5) is 8.86. The molecule has 0 bridgehead atoms. The number of nitrogens with one attached hydrogen (secondary N) is 2. The first-order valence-electron chi connectivity index (χ1n) is 6.25. The molecule has 19 heavy (non-hydrogen) atoms.